The van der Waals surface area contributed by atoms with Crippen LogP contribution in [0.25, 0.3) is 0 Å². The summed E-state index contributed by atoms with van der Waals surface area (Å²) < 4.78 is 0. The monoisotopic (exact) mass is 225 g/mol. The van der Waals surface area contributed by atoms with Crippen molar-refractivity contribution in [2.75, 3.05) is 0 Å². The molecule has 0 spiro atoms. The summed E-state index contributed by atoms with van der Waals surface area (Å²) >= 11 is 0. The summed E-state index contributed by atoms with van der Waals surface area (Å²) in [5.41, 5.74) is 0. The molecule has 3 heteroatoms. The average molecular weight is 225 g/mol. The van der Waals surface area contributed by atoms with E-state index in [2.05, 4.69) is 12.2 Å². The van der Waals surface area contributed by atoms with Crippen molar-refractivity contribution in [3.05, 3.63) is 0 Å². The highest BCUT2D eigenvalue weighted by Gasteiger charge is 2.42. The summed E-state index contributed by atoms with van der Waals surface area (Å²) in [6, 6.07) is -0.00882. The molecule has 2 N–H and O–H groups in total. The lowest BCUT2D eigenvalue weighted by molar-refractivity contribution is -0.139. The van der Waals surface area contributed by atoms with Gasteiger partial charge in [0, 0.05) is 6.04 Å². The zero-order valence-electron chi connectivity index (χ0n) is 10.3. The topological polar surface area (TPSA) is 49.3 Å². The fourth-order valence-corrected chi connectivity index (χ4v) is 3.71. The van der Waals surface area contributed by atoms with Crippen LogP contribution < -0.4 is 5.32 Å². The van der Waals surface area contributed by atoms with E-state index in [1.807, 2.05) is 6.92 Å². The predicted molar refractivity (Wildman–Crippen MR) is 63.3 cm³/mol. The fraction of sp³-hybridized carbons (Fsp3) is 0.923. The lowest BCUT2D eigenvalue weighted by Crippen LogP contribution is -2.46. The third-order valence-electron chi connectivity index (χ3n) is 4.61. The van der Waals surface area contributed by atoms with E-state index in [9.17, 15) is 4.79 Å². The first kappa shape index (κ1) is 11.9. The second-order valence-corrected chi connectivity index (χ2v) is 5.59. The Balaban J connectivity index is 1.88. The normalized spacial score (nSPS) is 36.2. The van der Waals surface area contributed by atoms with Crippen LogP contribution in [0.2, 0.25) is 0 Å². The van der Waals surface area contributed by atoms with Crippen LogP contribution in [-0.4, -0.2) is 23.2 Å². The van der Waals surface area contributed by atoms with Gasteiger partial charge in [-0.2, -0.15) is 0 Å². The molecule has 0 radical (unpaired) electrons. The molecule has 0 aromatic carbocycles. The van der Waals surface area contributed by atoms with Gasteiger partial charge in [0.05, 0.1) is 0 Å². The van der Waals surface area contributed by atoms with Gasteiger partial charge < -0.3 is 10.4 Å². The first-order valence-corrected chi connectivity index (χ1v) is 6.60. The molecule has 2 fully saturated rings. The molecule has 5 unspecified atom stereocenters. The van der Waals surface area contributed by atoms with E-state index in [1.54, 1.807) is 0 Å². The SMILES string of the molecule is CCC(NC(C)C1CC2CCC1C2)C(=O)O. The van der Waals surface area contributed by atoms with Crippen molar-refractivity contribution in [2.24, 2.45) is 17.8 Å². The van der Waals surface area contributed by atoms with Gasteiger partial charge in [-0.25, -0.2) is 0 Å². The second kappa shape index (κ2) is 4.74. The first-order valence-electron chi connectivity index (χ1n) is 6.60. The van der Waals surface area contributed by atoms with Crippen molar-refractivity contribution in [1.82, 2.24) is 5.32 Å². The van der Waals surface area contributed by atoms with E-state index >= 15 is 0 Å². The number of carboxylic acid groups (broad SMARTS) is 1. The van der Waals surface area contributed by atoms with Gasteiger partial charge in [0.15, 0.2) is 0 Å². The highest BCUT2D eigenvalue weighted by Crippen LogP contribution is 2.49. The molecule has 0 saturated heterocycles. The van der Waals surface area contributed by atoms with Crippen LogP contribution in [0.3, 0.4) is 0 Å². The molecule has 0 aliphatic heterocycles. The van der Waals surface area contributed by atoms with Gasteiger partial charge in [-0.15, -0.1) is 0 Å². The van der Waals surface area contributed by atoms with E-state index < -0.39 is 5.97 Å². The molecular weight excluding hydrogens is 202 g/mol. The predicted octanol–water partition coefficient (Wildman–Crippen LogP) is 2.26. The molecule has 0 amide bonds. The summed E-state index contributed by atoms with van der Waals surface area (Å²) in [5.74, 6) is 1.80. The van der Waals surface area contributed by atoms with Crippen molar-refractivity contribution < 1.29 is 9.90 Å². The summed E-state index contributed by atoms with van der Waals surface area (Å²) in [7, 11) is 0. The number of carbonyl (C=O) groups is 1. The Kier molecular flexibility index (Phi) is 3.53. The number of rotatable bonds is 5. The van der Waals surface area contributed by atoms with Gasteiger partial charge in [-0.3, -0.25) is 4.79 Å². The van der Waals surface area contributed by atoms with Crippen LogP contribution in [0.15, 0.2) is 0 Å². The molecule has 2 aliphatic carbocycles. The Morgan fingerprint density at radius 3 is 2.62 bits per heavy atom. The minimum absolute atomic E-state index is 0.358. The summed E-state index contributed by atoms with van der Waals surface area (Å²) in [6.07, 6.45) is 6.14. The van der Waals surface area contributed by atoms with Crippen LogP contribution in [0.4, 0.5) is 0 Å². The first-order chi connectivity index (χ1) is 7.61. The quantitative estimate of drug-likeness (QED) is 0.754. The van der Waals surface area contributed by atoms with Crippen molar-refractivity contribution in [2.45, 2.75) is 58.0 Å². The van der Waals surface area contributed by atoms with Crippen molar-refractivity contribution in [3.8, 4) is 0 Å². The number of hydrogen-bond acceptors (Lipinski definition) is 2. The lowest BCUT2D eigenvalue weighted by Gasteiger charge is -2.30. The molecule has 5 atom stereocenters. The molecule has 16 heavy (non-hydrogen) atoms. The largest absolute Gasteiger partial charge is 0.480 e. The van der Waals surface area contributed by atoms with Gasteiger partial charge in [-0.1, -0.05) is 13.3 Å². The molecule has 2 aliphatic rings. The zero-order chi connectivity index (χ0) is 11.7. The number of carboxylic acids is 1. The maximum Gasteiger partial charge on any atom is 0.320 e. The maximum atomic E-state index is 11.0. The molecule has 2 saturated carbocycles. The van der Waals surface area contributed by atoms with E-state index in [0.717, 1.165) is 11.8 Å². The molecule has 2 bridgehead atoms. The van der Waals surface area contributed by atoms with E-state index in [4.69, 9.17) is 5.11 Å². The molecule has 2 rings (SSSR count). The van der Waals surface area contributed by atoms with Gasteiger partial charge in [-0.05, 0) is 50.4 Å². The van der Waals surface area contributed by atoms with Crippen LogP contribution in [0.1, 0.15) is 46.0 Å². The minimum atomic E-state index is -0.711. The van der Waals surface area contributed by atoms with Gasteiger partial charge in [0.2, 0.25) is 0 Å². The van der Waals surface area contributed by atoms with Crippen molar-refractivity contribution in [3.63, 3.8) is 0 Å². The Hall–Kier alpha value is -0.570. The Morgan fingerprint density at radius 1 is 1.44 bits per heavy atom. The standard InChI is InChI=1S/C13H23NO2/c1-3-12(13(15)16)14-8(2)11-7-9-4-5-10(11)6-9/h8-12,14H,3-7H2,1-2H3,(H,15,16). The number of aliphatic carboxylic acids is 1. The van der Waals surface area contributed by atoms with Gasteiger partial charge >= 0.3 is 5.97 Å². The molecule has 0 aromatic rings. The highest BCUT2D eigenvalue weighted by atomic mass is 16.4. The zero-order valence-corrected chi connectivity index (χ0v) is 10.3. The molecule has 3 nitrogen and oxygen atoms in total. The highest BCUT2D eigenvalue weighted by molar-refractivity contribution is 5.73. The Morgan fingerprint density at radius 2 is 2.19 bits per heavy atom. The maximum absolute atomic E-state index is 11.0. The number of fused-ring (bicyclic) bond motifs is 2. The van der Waals surface area contributed by atoms with Crippen LogP contribution in [-0.2, 0) is 4.79 Å². The smallest absolute Gasteiger partial charge is 0.320 e. The molecule has 0 aromatic heterocycles. The average Bonchev–Trinajstić information content (AvgIpc) is 2.86. The third kappa shape index (κ3) is 2.24. The number of nitrogens with one attached hydrogen (secondary N) is 1. The van der Waals surface area contributed by atoms with Gasteiger partial charge in [0.1, 0.15) is 6.04 Å². The molecular formula is C13H23NO2. The second-order valence-electron chi connectivity index (χ2n) is 5.59. The van der Waals surface area contributed by atoms with E-state index in [1.165, 1.54) is 25.7 Å². The van der Waals surface area contributed by atoms with E-state index in [-0.39, 0.29) is 6.04 Å². The van der Waals surface area contributed by atoms with Gasteiger partial charge in [0.25, 0.3) is 0 Å². The third-order valence-corrected chi connectivity index (χ3v) is 4.61. The van der Waals surface area contributed by atoms with Crippen LogP contribution in [0.5, 0.6) is 0 Å². The Bertz CT molecular complexity index is 267. The van der Waals surface area contributed by atoms with Crippen LogP contribution >= 0.6 is 0 Å². The summed E-state index contributed by atoms with van der Waals surface area (Å²) in [5, 5.41) is 12.3. The minimum Gasteiger partial charge on any atom is -0.480 e. The Labute approximate surface area is 97.6 Å². The van der Waals surface area contributed by atoms with Crippen LogP contribution in [0, 0.1) is 17.8 Å². The molecule has 0 heterocycles. The molecule has 92 valence electrons. The van der Waals surface area contributed by atoms with E-state index in [0.29, 0.717) is 18.4 Å². The lowest BCUT2D eigenvalue weighted by atomic mass is 9.83. The fourth-order valence-electron chi connectivity index (χ4n) is 3.71. The summed E-state index contributed by atoms with van der Waals surface area (Å²) in [6.45, 7) is 4.09. The number of hydrogen-bond donors (Lipinski definition) is 2. The van der Waals surface area contributed by atoms with Crippen molar-refractivity contribution >= 4 is 5.97 Å². The van der Waals surface area contributed by atoms with Crippen molar-refractivity contribution in [1.29, 1.82) is 0 Å². The summed E-state index contributed by atoms with van der Waals surface area (Å²) in [4.78, 5) is 11.0.